The van der Waals surface area contributed by atoms with Gasteiger partial charge in [0.05, 0.1) is 43.9 Å². The third-order valence-corrected chi connectivity index (χ3v) is 6.26. The predicted molar refractivity (Wildman–Crippen MR) is 143 cm³/mol. The van der Waals surface area contributed by atoms with Gasteiger partial charge in [0.25, 0.3) is 0 Å². The van der Waals surface area contributed by atoms with Crippen molar-refractivity contribution >= 4 is 45.0 Å². The molecule has 38 heavy (non-hydrogen) atoms. The van der Waals surface area contributed by atoms with Gasteiger partial charge in [-0.2, -0.15) is 12.7 Å². The third-order valence-electron chi connectivity index (χ3n) is 5.31. The highest BCUT2D eigenvalue weighted by Crippen LogP contribution is 2.30. The molecule has 0 saturated carbocycles. The predicted octanol–water partition coefficient (Wildman–Crippen LogP) is 2.44. The highest BCUT2D eigenvalue weighted by Gasteiger charge is 2.31. The van der Waals surface area contributed by atoms with Crippen LogP contribution in [0.5, 0.6) is 5.88 Å². The lowest BCUT2D eigenvalue weighted by molar-refractivity contribution is -0.114. The van der Waals surface area contributed by atoms with Crippen LogP contribution in [0.2, 0.25) is 0 Å². The van der Waals surface area contributed by atoms with Crippen LogP contribution in [0, 0.1) is 0 Å². The van der Waals surface area contributed by atoms with Gasteiger partial charge >= 0.3 is 16.3 Å². The number of hydrogen-bond acceptors (Lipinski definition) is 10. The van der Waals surface area contributed by atoms with Crippen LogP contribution in [0.1, 0.15) is 27.7 Å². The van der Waals surface area contributed by atoms with E-state index in [0.717, 1.165) is 11.4 Å². The van der Waals surface area contributed by atoms with Crippen molar-refractivity contribution in [1.29, 1.82) is 0 Å². The van der Waals surface area contributed by atoms with Crippen LogP contribution in [-0.4, -0.2) is 74.8 Å². The monoisotopic (exact) mass is 550 g/mol. The molecule has 4 N–H and O–H groups in total. The Hall–Kier alpha value is -3.62. The molecule has 0 unspecified atom stereocenters. The number of rotatable bonds is 10. The van der Waals surface area contributed by atoms with Crippen molar-refractivity contribution in [3.05, 3.63) is 36.5 Å². The summed E-state index contributed by atoms with van der Waals surface area (Å²) < 4.78 is 40.1. The van der Waals surface area contributed by atoms with E-state index < -0.39 is 21.9 Å². The molecule has 1 aromatic heterocycles. The number of aromatic nitrogens is 1. The van der Waals surface area contributed by atoms with Gasteiger partial charge in [-0.1, -0.05) is 0 Å². The molecule has 3 rings (SSSR count). The Bertz CT molecular complexity index is 1240. The first kappa shape index (κ1) is 28.9. The molecule has 1 saturated heterocycles. The van der Waals surface area contributed by atoms with Gasteiger partial charge in [0.1, 0.15) is 5.60 Å². The average molecular weight is 551 g/mol. The number of anilines is 4. The fourth-order valence-electron chi connectivity index (χ4n) is 3.54. The molecule has 1 aliphatic rings. The van der Waals surface area contributed by atoms with Crippen molar-refractivity contribution < 1.29 is 32.2 Å². The summed E-state index contributed by atoms with van der Waals surface area (Å²) in [6, 6.07) is 9.38. The Labute approximate surface area is 222 Å². The number of ether oxygens (including phenoxy) is 3. The second kappa shape index (κ2) is 11.8. The maximum atomic E-state index is 12.2. The van der Waals surface area contributed by atoms with Crippen LogP contribution in [0.15, 0.2) is 36.5 Å². The summed E-state index contributed by atoms with van der Waals surface area (Å²) in [5, 5.41) is 11.2. The largest absolute Gasteiger partial charge is 0.481 e. The number of carbonyl (C=O) groups is 2. The van der Waals surface area contributed by atoms with E-state index in [2.05, 4.69) is 20.5 Å². The standard InChI is InChI=1S/C24H34N6O7S/c1-16(31)27-21-13-26-22(35-5)12-20(21)28-17-6-8-18(9-7-17)29-14-19(15-29)36-11-10-30(38(25,33)34)23(32)37-24(2,3)4/h6-9,12-13,19H,10-11,14-15H2,1-5H3,(H,26,28)(H,27,31)(H2,25,33,34). The van der Waals surface area contributed by atoms with Gasteiger partial charge in [0, 0.05) is 37.5 Å². The average Bonchev–Trinajstić information content (AvgIpc) is 2.77. The summed E-state index contributed by atoms with van der Waals surface area (Å²) in [7, 11) is -2.77. The number of amides is 2. The molecule has 13 nitrogen and oxygen atoms in total. The zero-order chi connectivity index (χ0) is 28.1. The smallest absolute Gasteiger partial charge is 0.425 e. The first-order chi connectivity index (χ1) is 17.7. The van der Waals surface area contributed by atoms with Crippen molar-refractivity contribution in [2.45, 2.75) is 39.4 Å². The maximum Gasteiger partial charge on any atom is 0.425 e. The van der Waals surface area contributed by atoms with Gasteiger partial charge in [-0.05, 0) is 45.0 Å². The second-order valence-corrected chi connectivity index (χ2v) is 11.1. The van der Waals surface area contributed by atoms with Gasteiger partial charge in [-0.25, -0.2) is 14.9 Å². The Morgan fingerprint density at radius 3 is 2.39 bits per heavy atom. The zero-order valence-corrected chi connectivity index (χ0v) is 22.9. The number of nitrogens with two attached hydrogens (primary N) is 1. The van der Waals surface area contributed by atoms with E-state index >= 15 is 0 Å². The SMILES string of the molecule is COc1cc(Nc2ccc(N3CC(OCCN(C(=O)OC(C)(C)C)S(N)(=O)=O)C3)cc2)c(NC(C)=O)cn1. The van der Waals surface area contributed by atoms with E-state index in [1.807, 2.05) is 24.3 Å². The number of nitrogens with one attached hydrogen (secondary N) is 2. The number of carbonyl (C=O) groups excluding carboxylic acids is 2. The number of methoxy groups -OCH3 is 1. The van der Waals surface area contributed by atoms with E-state index in [1.165, 1.54) is 20.2 Å². The van der Waals surface area contributed by atoms with Crippen LogP contribution >= 0.6 is 0 Å². The van der Waals surface area contributed by atoms with Gasteiger partial charge in [0.2, 0.25) is 11.8 Å². The molecule has 0 spiro atoms. The Morgan fingerprint density at radius 1 is 1.18 bits per heavy atom. The molecule has 0 bridgehead atoms. The Balaban J connectivity index is 1.51. The minimum atomic E-state index is -4.29. The van der Waals surface area contributed by atoms with Crippen molar-refractivity contribution in [3.63, 3.8) is 0 Å². The van der Waals surface area contributed by atoms with Gasteiger partial charge in [-0.3, -0.25) is 4.79 Å². The minimum Gasteiger partial charge on any atom is -0.481 e. The number of hydrogen-bond donors (Lipinski definition) is 3. The van der Waals surface area contributed by atoms with Gasteiger partial charge < -0.3 is 29.7 Å². The molecule has 0 atom stereocenters. The lowest BCUT2D eigenvalue weighted by Crippen LogP contribution is -2.53. The molecule has 0 radical (unpaired) electrons. The summed E-state index contributed by atoms with van der Waals surface area (Å²) in [5.74, 6) is 0.190. The molecule has 2 heterocycles. The maximum absolute atomic E-state index is 12.2. The van der Waals surface area contributed by atoms with Crippen LogP contribution < -0.4 is 25.4 Å². The number of benzene rings is 1. The topological polar surface area (TPSA) is 165 Å². The number of nitrogens with zero attached hydrogens (tertiary/aromatic N) is 3. The van der Waals surface area contributed by atoms with Gasteiger partial charge in [0.15, 0.2) is 0 Å². The van der Waals surface area contributed by atoms with E-state index in [1.54, 1.807) is 26.8 Å². The lowest BCUT2D eigenvalue weighted by atomic mass is 10.1. The summed E-state index contributed by atoms with van der Waals surface area (Å²) in [5.41, 5.74) is 2.08. The fraction of sp³-hybridized carbons (Fsp3) is 0.458. The van der Waals surface area contributed by atoms with Crippen molar-refractivity contribution in [2.75, 3.05) is 48.9 Å². The summed E-state index contributed by atoms with van der Waals surface area (Å²) >= 11 is 0. The molecule has 1 fully saturated rings. The minimum absolute atomic E-state index is 0.0108. The highest BCUT2D eigenvalue weighted by molar-refractivity contribution is 7.87. The molecule has 1 aliphatic heterocycles. The quantitative estimate of drug-likeness (QED) is 0.400. The van der Waals surface area contributed by atoms with Crippen LogP contribution in [-0.2, 0) is 24.5 Å². The Morgan fingerprint density at radius 2 is 1.84 bits per heavy atom. The molecule has 0 aliphatic carbocycles. The van der Waals surface area contributed by atoms with Crippen LogP contribution in [0.25, 0.3) is 0 Å². The molecule has 2 aromatic rings. The second-order valence-electron chi connectivity index (χ2n) is 9.62. The van der Waals surface area contributed by atoms with Crippen LogP contribution in [0.3, 0.4) is 0 Å². The number of pyridine rings is 1. The summed E-state index contributed by atoms with van der Waals surface area (Å²) in [4.78, 5) is 29.9. The van der Waals surface area contributed by atoms with Crippen molar-refractivity contribution in [2.24, 2.45) is 5.14 Å². The molecule has 14 heteroatoms. The molecule has 2 amide bonds. The zero-order valence-electron chi connectivity index (χ0n) is 22.1. The fourth-order valence-corrected chi connectivity index (χ4v) is 4.12. The molecule has 1 aromatic carbocycles. The van der Waals surface area contributed by atoms with E-state index in [4.69, 9.17) is 19.3 Å². The van der Waals surface area contributed by atoms with Crippen molar-refractivity contribution in [1.82, 2.24) is 9.29 Å². The van der Waals surface area contributed by atoms with E-state index in [-0.39, 0.29) is 25.2 Å². The Kier molecular flexibility index (Phi) is 9.01. The van der Waals surface area contributed by atoms with Crippen molar-refractivity contribution in [3.8, 4) is 5.88 Å². The van der Waals surface area contributed by atoms with Gasteiger partial charge in [-0.15, -0.1) is 0 Å². The highest BCUT2D eigenvalue weighted by atomic mass is 32.2. The van der Waals surface area contributed by atoms with E-state index in [0.29, 0.717) is 34.6 Å². The van der Waals surface area contributed by atoms with Crippen LogP contribution in [0.4, 0.5) is 27.5 Å². The summed E-state index contributed by atoms with van der Waals surface area (Å²) in [6.45, 7) is 7.26. The first-order valence-electron chi connectivity index (χ1n) is 11.8. The lowest BCUT2D eigenvalue weighted by Gasteiger charge is -2.41. The molecular weight excluding hydrogens is 516 g/mol. The molecule has 208 valence electrons. The normalized spacial score (nSPS) is 13.9. The van der Waals surface area contributed by atoms with E-state index in [9.17, 15) is 18.0 Å². The summed E-state index contributed by atoms with van der Waals surface area (Å²) in [6.07, 6.45) is 0.354. The third kappa shape index (κ3) is 8.19. The first-order valence-corrected chi connectivity index (χ1v) is 13.3. The molecular formula is C24H34N6O7S.